The fraction of sp³-hybridized carbons (Fsp3) is 0.176. The number of carbonyl (C=O) groups excluding carboxylic acids is 1. The molecule has 2 aromatic carbocycles. The summed E-state index contributed by atoms with van der Waals surface area (Å²) in [7, 11) is 0. The molecule has 0 aliphatic carbocycles. The molecule has 23 heavy (non-hydrogen) atoms. The number of amides is 1. The number of aliphatic carboxylic acids is 1. The third-order valence-electron chi connectivity index (χ3n) is 3.84. The van der Waals surface area contributed by atoms with Crippen LogP contribution in [0.4, 0.5) is 17.1 Å². The van der Waals surface area contributed by atoms with Crippen LogP contribution in [0, 0.1) is 0 Å². The second kappa shape index (κ2) is 5.93. The van der Waals surface area contributed by atoms with Crippen LogP contribution in [0.2, 0.25) is 5.02 Å². The topological polar surface area (TPSA) is 78.4 Å². The van der Waals surface area contributed by atoms with Crippen molar-refractivity contribution in [3.63, 3.8) is 0 Å². The van der Waals surface area contributed by atoms with Crippen molar-refractivity contribution < 1.29 is 14.7 Å². The van der Waals surface area contributed by atoms with E-state index in [0.29, 0.717) is 27.6 Å². The van der Waals surface area contributed by atoms with Crippen molar-refractivity contribution in [1.82, 2.24) is 0 Å². The molecule has 0 saturated heterocycles. The first-order chi connectivity index (χ1) is 10.9. The van der Waals surface area contributed by atoms with Crippen molar-refractivity contribution in [3.05, 3.63) is 52.5 Å². The first-order valence-corrected chi connectivity index (χ1v) is 7.55. The van der Waals surface area contributed by atoms with Gasteiger partial charge in [0, 0.05) is 5.02 Å². The van der Waals surface area contributed by atoms with E-state index in [1.807, 2.05) is 19.1 Å². The van der Waals surface area contributed by atoms with Gasteiger partial charge in [0.15, 0.2) is 0 Å². The summed E-state index contributed by atoms with van der Waals surface area (Å²) < 4.78 is 0. The maximum atomic E-state index is 12.3. The molecule has 1 aliphatic heterocycles. The summed E-state index contributed by atoms with van der Waals surface area (Å²) in [6, 6.07) is 10.5. The van der Waals surface area contributed by atoms with E-state index in [2.05, 4.69) is 10.6 Å². The van der Waals surface area contributed by atoms with E-state index >= 15 is 0 Å². The van der Waals surface area contributed by atoms with Crippen LogP contribution in [-0.2, 0) is 4.79 Å². The zero-order valence-corrected chi connectivity index (χ0v) is 13.1. The molecule has 6 heteroatoms. The molecule has 0 bridgehead atoms. The van der Waals surface area contributed by atoms with Crippen LogP contribution in [0.5, 0.6) is 0 Å². The van der Waals surface area contributed by atoms with Gasteiger partial charge in [0.25, 0.3) is 5.91 Å². The van der Waals surface area contributed by atoms with Crippen LogP contribution >= 0.6 is 11.6 Å². The van der Waals surface area contributed by atoms with Crippen LogP contribution in [0.25, 0.3) is 0 Å². The average Bonchev–Trinajstić information content (AvgIpc) is 2.61. The summed E-state index contributed by atoms with van der Waals surface area (Å²) in [6.07, 6.45) is 0.0492. The van der Waals surface area contributed by atoms with Gasteiger partial charge in [-0.15, -0.1) is 0 Å². The SMILES string of the molecule is CC(CC(=O)O)c1ccc2c(c1)Nc1cc(Cl)ccc1C(=O)N2. The summed E-state index contributed by atoms with van der Waals surface area (Å²) in [5, 5.41) is 15.5. The number of fused-ring (bicyclic) bond motifs is 2. The van der Waals surface area contributed by atoms with Crippen molar-refractivity contribution in [2.75, 3.05) is 10.6 Å². The fourth-order valence-corrected chi connectivity index (χ4v) is 2.79. The number of benzene rings is 2. The van der Waals surface area contributed by atoms with Crippen LogP contribution < -0.4 is 10.6 Å². The zero-order valence-electron chi connectivity index (χ0n) is 12.4. The van der Waals surface area contributed by atoms with Crippen molar-refractivity contribution in [2.45, 2.75) is 19.3 Å². The number of carboxylic acids is 1. The van der Waals surface area contributed by atoms with E-state index in [4.69, 9.17) is 16.7 Å². The highest BCUT2D eigenvalue weighted by Gasteiger charge is 2.20. The number of carbonyl (C=O) groups is 2. The monoisotopic (exact) mass is 330 g/mol. The normalized spacial score (nSPS) is 13.9. The Labute approximate surface area is 138 Å². The Hall–Kier alpha value is -2.53. The minimum absolute atomic E-state index is 0.0492. The molecule has 2 aromatic rings. The minimum atomic E-state index is -0.842. The van der Waals surface area contributed by atoms with Gasteiger partial charge < -0.3 is 15.7 Å². The number of halogens is 1. The van der Waals surface area contributed by atoms with Gasteiger partial charge in [-0.25, -0.2) is 0 Å². The number of anilines is 3. The zero-order chi connectivity index (χ0) is 16.6. The lowest BCUT2D eigenvalue weighted by molar-refractivity contribution is -0.137. The highest BCUT2D eigenvalue weighted by Crippen LogP contribution is 2.35. The molecular weight excluding hydrogens is 316 g/mol. The van der Waals surface area contributed by atoms with E-state index in [1.165, 1.54) is 0 Å². The second-order valence-electron chi connectivity index (χ2n) is 5.57. The smallest absolute Gasteiger partial charge is 0.303 e. The first-order valence-electron chi connectivity index (χ1n) is 7.17. The van der Waals surface area contributed by atoms with Crippen molar-refractivity contribution in [3.8, 4) is 0 Å². The van der Waals surface area contributed by atoms with Crippen molar-refractivity contribution >= 4 is 40.5 Å². The van der Waals surface area contributed by atoms with Crippen LogP contribution in [0.1, 0.15) is 35.2 Å². The predicted octanol–water partition coefficient (Wildman–Crippen LogP) is 4.23. The standard InChI is InChI=1S/C17H15ClN2O3/c1-9(6-16(21)22)10-2-5-13-15(7-10)19-14-8-11(18)3-4-12(14)17(23)20-13/h2-5,7-9,19H,6H2,1H3,(H,20,23)(H,21,22). The first kappa shape index (κ1) is 15.4. The Kier molecular flexibility index (Phi) is 3.96. The average molecular weight is 331 g/mol. The maximum absolute atomic E-state index is 12.3. The summed E-state index contributed by atoms with van der Waals surface area (Å²) in [6.45, 7) is 1.86. The van der Waals surface area contributed by atoms with E-state index in [0.717, 1.165) is 5.56 Å². The number of hydrogen-bond acceptors (Lipinski definition) is 3. The van der Waals surface area contributed by atoms with Gasteiger partial charge in [-0.2, -0.15) is 0 Å². The fourth-order valence-electron chi connectivity index (χ4n) is 2.61. The van der Waals surface area contributed by atoms with E-state index in [9.17, 15) is 9.59 Å². The van der Waals surface area contributed by atoms with E-state index in [-0.39, 0.29) is 18.2 Å². The molecule has 0 spiro atoms. The van der Waals surface area contributed by atoms with Gasteiger partial charge in [-0.1, -0.05) is 24.6 Å². The van der Waals surface area contributed by atoms with Gasteiger partial charge in [0.2, 0.25) is 0 Å². The highest BCUT2D eigenvalue weighted by molar-refractivity contribution is 6.31. The molecule has 3 N–H and O–H groups in total. The Balaban J connectivity index is 2.01. The molecule has 0 radical (unpaired) electrons. The number of rotatable bonds is 3. The molecule has 0 saturated carbocycles. The number of nitrogens with one attached hydrogen (secondary N) is 2. The largest absolute Gasteiger partial charge is 0.481 e. The summed E-state index contributed by atoms with van der Waals surface area (Å²) in [5.41, 5.74) is 3.38. The van der Waals surface area contributed by atoms with E-state index in [1.54, 1.807) is 24.3 Å². The lowest BCUT2D eigenvalue weighted by Gasteiger charge is -2.14. The molecule has 3 rings (SSSR count). The minimum Gasteiger partial charge on any atom is -0.481 e. The van der Waals surface area contributed by atoms with Gasteiger partial charge >= 0.3 is 5.97 Å². The van der Waals surface area contributed by atoms with E-state index < -0.39 is 5.97 Å². The molecule has 1 amide bonds. The molecule has 0 aromatic heterocycles. The lowest BCUT2D eigenvalue weighted by Crippen LogP contribution is -2.10. The molecule has 1 unspecified atom stereocenters. The Morgan fingerprint density at radius 2 is 1.91 bits per heavy atom. The molecule has 1 aliphatic rings. The third-order valence-corrected chi connectivity index (χ3v) is 4.07. The predicted molar refractivity (Wildman–Crippen MR) is 89.8 cm³/mol. The summed E-state index contributed by atoms with van der Waals surface area (Å²) in [5.74, 6) is -1.18. The van der Waals surface area contributed by atoms with Crippen molar-refractivity contribution in [2.24, 2.45) is 0 Å². The second-order valence-corrected chi connectivity index (χ2v) is 6.01. The molecule has 1 heterocycles. The highest BCUT2D eigenvalue weighted by atomic mass is 35.5. The van der Waals surface area contributed by atoms with Crippen LogP contribution in [0.3, 0.4) is 0 Å². The third kappa shape index (κ3) is 3.14. The van der Waals surface area contributed by atoms with Gasteiger partial charge in [-0.05, 0) is 41.8 Å². The molecular formula is C17H15ClN2O3. The Morgan fingerprint density at radius 3 is 2.65 bits per heavy atom. The summed E-state index contributed by atoms with van der Waals surface area (Å²) in [4.78, 5) is 23.2. The lowest BCUT2D eigenvalue weighted by atomic mass is 9.97. The quantitative estimate of drug-likeness (QED) is 0.787. The Bertz CT molecular complexity index is 804. The van der Waals surface area contributed by atoms with Gasteiger partial charge in [0.1, 0.15) is 0 Å². The number of hydrogen-bond donors (Lipinski definition) is 3. The molecule has 118 valence electrons. The van der Waals surface area contributed by atoms with Gasteiger partial charge in [0.05, 0.1) is 29.0 Å². The van der Waals surface area contributed by atoms with Crippen molar-refractivity contribution in [1.29, 1.82) is 0 Å². The van der Waals surface area contributed by atoms with Crippen LogP contribution in [-0.4, -0.2) is 17.0 Å². The summed E-state index contributed by atoms with van der Waals surface area (Å²) >= 11 is 6.01. The van der Waals surface area contributed by atoms with Gasteiger partial charge in [-0.3, -0.25) is 9.59 Å². The Morgan fingerprint density at radius 1 is 1.13 bits per heavy atom. The van der Waals surface area contributed by atoms with Crippen LogP contribution in [0.15, 0.2) is 36.4 Å². The maximum Gasteiger partial charge on any atom is 0.303 e. The molecule has 1 atom stereocenters. The molecule has 0 fully saturated rings. The molecule has 5 nitrogen and oxygen atoms in total. The number of carboxylic acid groups (broad SMARTS) is 1.